The topological polar surface area (TPSA) is 127 Å². The smallest absolute Gasteiger partial charge is 0.254 e. The summed E-state index contributed by atoms with van der Waals surface area (Å²) in [5.74, 6) is -1.93. The van der Waals surface area contributed by atoms with Crippen molar-refractivity contribution in [1.82, 2.24) is 19.6 Å². The van der Waals surface area contributed by atoms with Crippen molar-refractivity contribution in [3.05, 3.63) is 120 Å². The molecule has 0 saturated carbocycles. The molecule has 0 radical (unpaired) electrons. The number of amides is 2. The van der Waals surface area contributed by atoms with E-state index in [9.17, 15) is 18.0 Å². The Morgan fingerprint density at radius 3 is 2.36 bits per heavy atom. The quantitative estimate of drug-likeness (QED) is 0.225. The summed E-state index contributed by atoms with van der Waals surface area (Å²) in [6.45, 7) is 1.20. The minimum absolute atomic E-state index is 0.169. The molecule has 1 aliphatic heterocycles. The first kappa shape index (κ1) is 30.0. The van der Waals surface area contributed by atoms with Gasteiger partial charge in [0.25, 0.3) is 5.91 Å². The lowest BCUT2D eigenvalue weighted by molar-refractivity contribution is -0.118. The average Bonchev–Trinajstić information content (AvgIpc) is 3.48. The molecule has 1 atom stereocenters. The number of pyridine rings is 1. The molecule has 0 aliphatic carbocycles. The Hall–Kier alpha value is -5.07. The lowest BCUT2D eigenvalue weighted by atomic mass is 10.0. The van der Waals surface area contributed by atoms with Gasteiger partial charge in [-0.1, -0.05) is 36.4 Å². The van der Waals surface area contributed by atoms with Crippen molar-refractivity contribution in [1.29, 1.82) is 0 Å². The van der Waals surface area contributed by atoms with Crippen LogP contribution in [0.4, 0.5) is 15.8 Å². The number of halogens is 1. The van der Waals surface area contributed by atoms with Crippen LogP contribution in [0.5, 0.6) is 0 Å². The Morgan fingerprint density at radius 2 is 1.62 bits per heavy atom. The van der Waals surface area contributed by atoms with Crippen molar-refractivity contribution >= 4 is 44.1 Å². The van der Waals surface area contributed by atoms with Gasteiger partial charge in [-0.15, -0.1) is 0 Å². The summed E-state index contributed by atoms with van der Waals surface area (Å²) < 4.78 is 42.8. The van der Waals surface area contributed by atoms with Crippen molar-refractivity contribution in [2.75, 3.05) is 36.4 Å². The Kier molecular flexibility index (Phi) is 8.58. The fourth-order valence-corrected chi connectivity index (χ4v) is 6.89. The second kappa shape index (κ2) is 12.9. The number of H-pyrrole nitrogens is 1. The molecule has 1 fully saturated rings. The second-order valence-electron chi connectivity index (χ2n) is 10.7. The number of anilines is 2. The van der Waals surface area contributed by atoms with Gasteiger partial charge < -0.3 is 20.5 Å². The molecule has 0 bridgehead atoms. The molecular weight excluding hydrogens is 595 g/mol. The van der Waals surface area contributed by atoms with Gasteiger partial charge in [-0.3, -0.25) is 14.6 Å². The lowest BCUT2D eigenvalue weighted by Crippen LogP contribution is -2.48. The molecule has 3 N–H and O–H groups in total. The summed E-state index contributed by atoms with van der Waals surface area (Å²) in [4.78, 5) is 36.0. The number of hydrogen-bond acceptors (Lipinski definition) is 6. The normalized spacial score (nSPS) is 14.6. The fourth-order valence-electron chi connectivity index (χ4n) is 5.44. The maximum atomic E-state index is 15.4. The monoisotopic (exact) mass is 626 g/mol. The van der Waals surface area contributed by atoms with Crippen LogP contribution in [0.3, 0.4) is 0 Å². The van der Waals surface area contributed by atoms with Crippen molar-refractivity contribution < 1.29 is 22.4 Å². The number of sulfonamides is 1. The van der Waals surface area contributed by atoms with Gasteiger partial charge in [-0.25, -0.2) is 12.8 Å². The van der Waals surface area contributed by atoms with Gasteiger partial charge in [0.2, 0.25) is 15.9 Å². The standard InChI is InChI=1S/C33H31FN6O4S/c34-29-21-25(39-16-18-40(19-17-39)45(43,44)26-6-2-1-3-7-26)10-11-28(29)32(41)38-31(33(42)37-24-12-14-35-15-13-24)20-23-22-36-30-9-5-4-8-27(23)30/h1-15,21-22,31,36H,16-20H2,(H,38,41)(H,35,37,42)/t31-/m0/s1. The van der Waals surface area contributed by atoms with E-state index in [1.807, 2.05) is 29.2 Å². The number of aromatic amines is 1. The van der Waals surface area contributed by atoms with Crippen molar-refractivity contribution in [3.63, 3.8) is 0 Å². The van der Waals surface area contributed by atoms with E-state index in [0.29, 0.717) is 24.5 Å². The average molecular weight is 627 g/mol. The molecule has 3 heterocycles. The minimum atomic E-state index is -3.62. The number of para-hydroxylation sites is 1. The van der Waals surface area contributed by atoms with Crippen LogP contribution in [0.25, 0.3) is 10.9 Å². The fraction of sp³-hybridized carbons (Fsp3) is 0.182. The van der Waals surface area contributed by atoms with E-state index in [-0.39, 0.29) is 30.0 Å². The van der Waals surface area contributed by atoms with Gasteiger partial charge in [-0.2, -0.15) is 4.31 Å². The Bertz CT molecular complexity index is 1930. The maximum Gasteiger partial charge on any atom is 0.254 e. The number of aromatic nitrogens is 2. The first-order valence-corrected chi connectivity index (χ1v) is 15.9. The number of carbonyl (C=O) groups excluding carboxylic acids is 2. The zero-order chi connectivity index (χ0) is 31.4. The van der Waals surface area contributed by atoms with E-state index in [2.05, 4.69) is 20.6 Å². The van der Waals surface area contributed by atoms with Crippen LogP contribution in [-0.4, -0.2) is 66.7 Å². The number of nitrogens with one attached hydrogen (secondary N) is 3. The third kappa shape index (κ3) is 6.56. The molecule has 6 rings (SSSR count). The molecule has 12 heteroatoms. The highest BCUT2D eigenvalue weighted by Crippen LogP contribution is 2.24. The number of nitrogens with zero attached hydrogens (tertiary/aromatic N) is 3. The van der Waals surface area contributed by atoms with Crippen LogP contribution in [0.15, 0.2) is 108 Å². The van der Waals surface area contributed by atoms with Gasteiger partial charge >= 0.3 is 0 Å². The zero-order valence-electron chi connectivity index (χ0n) is 24.2. The molecule has 5 aromatic rings. The molecule has 0 unspecified atom stereocenters. The Morgan fingerprint density at radius 1 is 0.911 bits per heavy atom. The number of piperazine rings is 1. The predicted octanol–water partition coefficient (Wildman–Crippen LogP) is 4.19. The van der Waals surface area contributed by atoms with Gasteiger partial charge in [0.1, 0.15) is 11.9 Å². The van der Waals surface area contributed by atoms with Crippen LogP contribution >= 0.6 is 0 Å². The molecule has 10 nitrogen and oxygen atoms in total. The first-order chi connectivity index (χ1) is 21.8. The molecule has 45 heavy (non-hydrogen) atoms. The maximum absolute atomic E-state index is 15.4. The summed E-state index contributed by atoms with van der Waals surface area (Å²) in [5, 5.41) is 6.44. The number of hydrogen-bond donors (Lipinski definition) is 3. The van der Waals surface area contributed by atoms with E-state index in [0.717, 1.165) is 16.5 Å². The highest BCUT2D eigenvalue weighted by atomic mass is 32.2. The number of benzene rings is 3. The SMILES string of the molecule is O=C(N[C@@H](Cc1c[nH]c2ccccc12)C(=O)Nc1ccncc1)c1ccc(N2CCN(S(=O)(=O)c3ccccc3)CC2)cc1F. The molecule has 1 aliphatic rings. The lowest BCUT2D eigenvalue weighted by Gasteiger charge is -2.35. The van der Waals surface area contributed by atoms with Gasteiger partial charge in [0, 0.05) is 73.5 Å². The minimum Gasteiger partial charge on any atom is -0.369 e. The van der Waals surface area contributed by atoms with E-state index >= 15 is 4.39 Å². The van der Waals surface area contributed by atoms with Gasteiger partial charge in [0.15, 0.2) is 0 Å². The summed E-state index contributed by atoms with van der Waals surface area (Å²) >= 11 is 0. The first-order valence-electron chi connectivity index (χ1n) is 14.5. The molecule has 2 aromatic heterocycles. The zero-order valence-corrected chi connectivity index (χ0v) is 25.0. The molecule has 1 saturated heterocycles. The number of rotatable bonds is 9. The third-order valence-corrected chi connectivity index (χ3v) is 9.76. The number of fused-ring (bicyclic) bond motifs is 1. The second-order valence-corrected chi connectivity index (χ2v) is 12.6. The Labute approximate surface area is 259 Å². The predicted molar refractivity (Wildman–Crippen MR) is 170 cm³/mol. The molecule has 0 spiro atoms. The highest BCUT2D eigenvalue weighted by Gasteiger charge is 2.29. The van der Waals surface area contributed by atoms with E-state index in [4.69, 9.17) is 0 Å². The van der Waals surface area contributed by atoms with Crippen LogP contribution in [-0.2, 0) is 21.2 Å². The molecule has 2 amide bonds. The van der Waals surface area contributed by atoms with E-state index < -0.39 is 33.7 Å². The van der Waals surface area contributed by atoms with Gasteiger partial charge in [-0.05, 0) is 54.1 Å². The van der Waals surface area contributed by atoms with Crippen LogP contribution in [0.1, 0.15) is 15.9 Å². The Balaban J connectivity index is 1.16. The van der Waals surface area contributed by atoms with E-state index in [1.165, 1.54) is 16.4 Å². The summed E-state index contributed by atoms with van der Waals surface area (Å²) in [7, 11) is -3.62. The van der Waals surface area contributed by atoms with Crippen LogP contribution in [0.2, 0.25) is 0 Å². The van der Waals surface area contributed by atoms with Crippen molar-refractivity contribution in [2.45, 2.75) is 17.4 Å². The van der Waals surface area contributed by atoms with Crippen LogP contribution in [0, 0.1) is 5.82 Å². The van der Waals surface area contributed by atoms with E-state index in [1.54, 1.807) is 67.1 Å². The largest absolute Gasteiger partial charge is 0.369 e. The summed E-state index contributed by atoms with van der Waals surface area (Å²) in [6, 6.07) is 22.4. The number of carbonyl (C=O) groups is 2. The van der Waals surface area contributed by atoms with Crippen molar-refractivity contribution in [2.24, 2.45) is 0 Å². The highest BCUT2D eigenvalue weighted by molar-refractivity contribution is 7.89. The molecule has 230 valence electrons. The summed E-state index contributed by atoms with van der Waals surface area (Å²) in [5.41, 5.74) is 2.56. The molecule has 3 aromatic carbocycles. The summed E-state index contributed by atoms with van der Waals surface area (Å²) in [6.07, 6.45) is 5.05. The van der Waals surface area contributed by atoms with Crippen molar-refractivity contribution in [3.8, 4) is 0 Å². The van der Waals surface area contributed by atoms with Gasteiger partial charge in [0.05, 0.1) is 10.5 Å². The third-order valence-electron chi connectivity index (χ3n) is 7.85. The van der Waals surface area contributed by atoms with Crippen LogP contribution < -0.4 is 15.5 Å². The molecular formula is C33H31FN6O4S.